The Balaban J connectivity index is -0.000000120. The molecule has 0 aromatic carbocycles. The van der Waals surface area contributed by atoms with E-state index in [9.17, 15) is 0 Å². The Morgan fingerprint density at radius 1 is 1.00 bits per heavy atom. The summed E-state index contributed by atoms with van der Waals surface area (Å²) in [6.45, 7) is 0. The molecule has 0 spiro atoms. The zero-order valence-electron chi connectivity index (χ0n) is 5.83. The van der Waals surface area contributed by atoms with Crippen molar-refractivity contribution >= 4 is 0 Å². The normalized spacial score (nSPS) is 6.00. The standard InChI is InChI=1S/C5H5N.Na.H2O.H/c1-2-4-6-5-3-1;;;/h1-5H;;1H2;/q;+1;;-1. The summed E-state index contributed by atoms with van der Waals surface area (Å²) in [6, 6.07) is 5.72. The Hall–Kier alpha value is 0.110. The van der Waals surface area contributed by atoms with Crippen LogP contribution in [0.4, 0.5) is 0 Å². The Morgan fingerprint density at radius 3 is 1.62 bits per heavy atom. The molecule has 0 bridgehead atoms. The van der Waals surface area contributed by atoms with Gasteiger partial charge in [-0.25, -0.2) is 0 Å². The first-order valence-electron chi connectivity index (χ1n) is 1.85. The predicted octanol–water partition coefficient (Wildman–Crippen LogP) is -2.63. The molecule has 0 atom stereocenters. The average molecular weight is 121 g/mol. The molecule has 0 amide bonds. The van der Waals surface area contributed by atoms with E-state index in [1.807, 2.05) is 18.2 Å². The summed E-state index contributed by atoms with van der Waals surface area (Å²) in [7, 11) is 0. The monoisotopic (exact) mass is 121 g/mol. The number of pyridine rings is 1. The summed E-state index contributed by atoms with van der Waals surface area (Å²) in [4.78, 5) is 3.78. The SMILES string of the molecule is O.[H-].[Na+].c1ccncc1. The molecule has 8 heavy (non-hydrogen) atoms. The van der Waals surface area contributed by atoms with Crippen LogP contribution in [0.2, 0.25) is 0 Å². The van der Waals surface area contributed by atoms with Crippen LogP contribution in [0.5, 0.6) is 0 Å². The van der Waals surface area contributed by atoms with Crippen molar-refractivity contribution in [2.75, 3.05) is 0 Å². The Bertz CT molecular complexity index is 88.9. The maximum atomic E-state index is 3.78. The van der Waals surface area contributed by atoms with Gasteiger partial charge in [-0.2, -0.15) is 0 Å². The van der Waals surface area contributed by atoms with Crippen molar-refractivity contribution in [3.8, 4) is 0 Å². The quantitative estimate of drug-likeness (QED) is 0.346. The number of nitrogens with zero attached hydrogens (tertiary/aromatic N) is 1. The molecule has 1 aromatic heterocycles. The first-order valence-corrected chi connectivity index (χ1v) is 1.85. The minimum absolute atomic E-state index is 0. The van der Waals surface area contributed by atoms with Crippen LogP contribution in [0.1, 0.15) is 1.43 Å². The van der Waals surface area contributed by atoms with Gasteiger partial charge in [0.2, 0.25) is 0 Å². The van der Waals surface area contributed by atoms with Crippen LogP contribution in [-0.2, 0) is 0 Å². The van der Waals surface area contributed by atoms with Gasteiger partial charge in [-0.3, -0.25) is 4.98 Å². The molecular weight excluding hydrogens is 113 g/mol. The second-order valence-corrected chi connectivity index (χ2v) is 1.02. The molecule has 0 saturated heterocycles. The smallest absolute Gasteiger partial charge is 1.00 e. The molecule has 1 aromatic rings. The Labute approximate surface area is 72.0 Å². The third-order valence-electron chi connectivity index (χ3n) is 0.566. The molecule has 40 valence electrons. The van der Waals surface area contributed by atoms with Crippen LogP contribution in [0.15, 0.2) is 30.6 Å². The third kappa shape index (κ3) is 4.27. The van der Waals surface area contributed by atoms with Gasteiger partial charge in [0.1, 0.15) is 0 Å². The van der Waals surface area contributed by atoms with Crippen molar-refractivity contribution in [2.24, 2.45) is 0 Å². The molecule has 0 radical (unpaired) electrons. The van der Waals surface area contributed by atoms with Gasteiger partial charge >= 0.3 is 29.6 Å². The van der Waals surface area contributed by atoms with Crippen LogP contribution in [0.3, 0.4) is 0 Å². The van der Waals surface area contributed by atoms with Crippen molar-refractivity contribution in [3.63, 3.8) is 0 Å². The van der Waals surface area contributed by atoms with E-state index >= 15 is 0 Å². The van der Waals surface area contributed by atoms with Gasteiger partial charge in [0.15, 0.2) is 0 Å². The summed E-state index contributed by atoms with van der Waals surface area (Å²) in [5, 5.41) is 0. The van der Waals surface area contributed by atoms with Gasteiger partial charge in [-0.05, 0) is 12.1 Å². The number of aromatic nitrogens is 1. The number of hydrogen-bond acceptors (Lipinski definition) is 1. The summed E-state index contributed by atoms with van der Waals surface area (Å²) >= 11 is 0. The summed E-state index contributed by atoms with van der Waals surface area (Å²) in [5.41, 5.74) is 0. The predicted molar refractivity (Wildman–Crippen MR) is 29.0 cm³/mol. The minimum atomic E-state index is 0. The van der Waals surface area contributed by atoms with Crippen molar-refractivity contribution in [1.82, 2.24) is 4.98 Å². The molecule has 1 rings (SSSR count). The Kier molecular flexibility index (Phi) is 9.76. The number of hydrogen-bond donors (Lipinski definition) is 0. The fourth-order valence-corrected chi connectivity index (χ4v) is 0.313. The van der Waals surface area contributed by atoms with E-state index < -0.39 is 0 Å². The van der Waals surface area contributed by atoms with Crippen LogP contribution in [0, 0.1) is 0 Å². The molecule has 3 heteroatoms. The molecule has 2 nitrogen and oxygen atoms in total. The molecule has 2 N–H and O–H groups in total. The van der Waals surface area contributed by atoms with Crippen molar-refractivity contribution < 1.29 is 36.5 Å². The van der Waals surface area contributed by atoms with Crippen molar-refractivity contribution in [2.45, 2.75) is 0 Å². The van der Waals surface area contributed by atoms with Crippen LogP contribution < -0.4 is 29.6 Å². The maximum Gasteiger partial charge on any atom is 1.00 e. The van der Waals surface area contributed by atoms with Gasteiger partial charge in [-0.1, -0.05) is 6.07 Å². The van der Waals surface area contributed by atoms with E-state index in [4.69, 9.17) is 0 Å². The summed E-state index contributed by atoms with van der Waals surface area (Å²) in [5.74, 6) is 0. The second-order valence-electron chi connectivity index (χ2n) is 1.02. The summed E-state index contributed by atoms with van der Waals surface area (Å²) < 4.78 is 0. The fraction of sp³-hybridized carbons (Fsp3) is 0. The average Bonchev–Trinajstić information content (AvgIpc) is 1.72. The van der Waals surface area contributed by atoms with E-state index in [-0.39, 0.29) is 36.5 Å². The molecular formula is C5H8NNaO. The first kappa shape index (κ1) is 11.0. The third-order valence-corrected chi connectivity index (χ3v) is 0.566. The van der Waals surface area contributed by atoms with Gasteiger partial charge in [0, 0.05) is 12.4 Å². The van der Waals surface area contributed by atoms with Crippen LogP contribution >= 0.6 is 0 Å². The first-order chi connectivity index (χ1) is 3.00. The Morgan fingerprint density at radius 2 is 1.50 bits per heavy atom. The number of rotatable bonds is 0. The van der Waals surface area contributed by atoms with Gasteiger partial charge in [0.05, 0.1) is 0 Å². The molecule has 0 fully saturated rings. The fourth-order valence-electron chi connectivity index (χ4n) is 0.313. The molecule has 0 unspecified atom stereocenters. The van der Waals surface area contributed by atoms with Gasteiger partial charge in [0.25, 0.3) is 0 Å². The van der Waals surface area contributed by atoms with Crippen molar-refractivity contribution in [3.05, 3.63) is 30.6 Å². The van der Waals surface area contributed by atoms with E-state index in [0.717, 1.165) is 0 Å². The molecule has 0 aliphatic heterocycles. The van der Waals surface area contributed by atoms with E-state index in [0.29, 0.717) is 0 Å². The zero-order valence-corrected chi connectivity index (χ0v) is 6.83. The van der Waals surface area contributed by atoms with E-state index in [1.165, 1.54) is 0 Å². The van der Waals surface area contributed by atoms with Crippen molar-refractivity contribution in [1.29, 1.82) is 0 Å². The topological polar surface area (TPSA) is 44.4 Å². The van der Waals surface area contributed by atoms with Crippen LogP contribution in [-0.4, -0.2) is 10.5 Å². The van der Waals surface area contributed by atoms with E-state index in [1.54, 1.807) is 12.4 Å². The van der Waals surface area contributed by atoms with Gasteiger partial charge < -0.3 is 6.90 Å². The maximum absolute atomic E-state index is 3.78. The largest absolute Gasteiger partial charge is 1.00 e. The minimum Gasteiger partial charge on any atom is -1.00 e. The molecule has 0 saturated carbocycles. The molecule has 0 aliphatic rings. The zero-order chi connectivity index (χ0) is 4.24. The van der Waals surface area contributed by atoms with Gasteiger partial charge in [-0.15, -0.1) is 0 Å². The summed E-state index contributed by atoms with van der Waals surface area (Å²) in [6.07, 6.45) is 3.50. The van der Waals surface area contributed by atoms with Crippen LogP contribution in [0.25, 0.3) is 0 Å². The molecule has 0 aliphatic carbocycles. The second kappa shape index (κ2) is 7.11. The molecule has 1 heterocycles. The van der Waals surface area contributed by atoms with E-state index in [2.05, 4.69) is 4.98 Å².